The van der Waals surface area contributed by atoms with E-state index in [0.29, 0.717) is 0 Å². The summed E-state index contributed by atoms with van der Waals surface area (Å²) < 4.78 is 16.6. The summed E-state index contributed by atoms with van der Waals surface area (Å²) in [5, 5.41) is 86.1. The highest BCUT2D eigenvalue weighted by Gasteiger charge is 2.18. The van der Waals surface area contributed by atoms with E-state index in [2.05, 4.69) is 0 Å². The van der Waals surface area contributed by atoms with Crippen molar-refractivity contribution >= 4 is 0 Å². The fourth-order valence-corrected chi connectivity index (χ4v) is 2.77. The first-order chi connectivity index (χ1) is 16.0. The summed E-state index contributed by atoms with van der Waals surface area (Å²) in [5.74, 6) is -6.35. The lowest BCUT2D eigenvalue weighted by atomic mass is 10.2. The molecule has 0 unspecified atom stereocenters. The van der Waals surface area contributed by atoms with Gasteiger partial charge in [-0.05, 0) is 0 Å². The molecule has 0 atom stereocenters. The number of hydrogen-bond donors (Lipinski definition) is 9. The van der Waals surface area contributed by atoms with Crippen molar-refractivity contribution in [3.63, 3.8) is 0 Å². The van der Waals surface area contributed by atoms with Crippen LogP contribution in [0.3, 0.4) is 0 Å². The Morgan fingerprint density at radius 2 is 0.618 bits per heavy atom. The highest BCUT2D eigenvalue weighted by Crippen LogP contribution is 2.40. The Morgan fingerprint density at radius 1 is 0.412 bits per heavy atom. The van der Waals surface area contributed by atoms with Gasteiger partial charge >= 0.3 is 0 Å². The fraction of sp³-hybridized carbons (Fsp3) is 0.182. The lowest BCUT2D eigenvalue weighted by Crippen LogP contribution is -2.26. The zero-order valence-corrected chi connectivity index (χ0v) is 17.4. The molecule has 3 aromatic carbocycles. The van der Waals surface area contributed by atoms with Gasteiger partial charge in [-0.3, -0.25) is 0 Å². The molecule has 0 spiro atoms. The van der Waals surface area contributed by atoms with Crippen LogP contribution in [0.5, 0.6) is 69.0 Å². The molecular formula is C22H22O12. The second kappa shape index (κ2) is 9.81. The predicted molar refractivity (Wildman–Crippen MR) is 114 cm³/mol. The van der Waals surface area contributed by atoms with Crippen LogP contribution in [-0.2, 0) is 0 Å². The summed E-state index contributed by atoms with van der Waals surface area (Å²) >= 11 is 0. The lowest BCUT2D eigenvalue weighted by Gasteiger charge is -2.20. The molecule has 0 aliphatic heterocycles. The topological polar surface area (TPSA) is 210 Å². The molecule has 3 aromatic rings. The molecule has 0 amide bonds. The van der Waals surface area contributed by atoms with E-state index in [9.17, 15) is 46.0 Å². The van der Waals surface area contributed by atoms with Crippen molar-refractivity contribution in [3.8, 4) is 69.0 Å². The molecule has 3 rings (SSSR count). The van der Waals surface area contributed by atoms with Gasteiger partial charge in [-0.1, -0.05) is 0 Å². The summed E-state index contributed by atoms with van der Waals surface area (Å²) in [6, 6.07) is 6.42. The summed E-state index contributed by atoms with van der Waals surface area (Å²) in [4.78, 5) is 0. The second-order valence-electron chi connectivity index (χ2n) is 7.23. The maximum Gasteiger partial charge on any atom is 0.200 e. The van der Waals surface area contributed by atoms with Crippen LogP contribution >= 0.6 is 0 Å². The lowest BCUT2D eigenvalue weighted by molar-refractivity contribution is 0.125. The van der Waals surface area contributed by atoms with Crippen LogP contribution in [0, 0.1) is 5.92 Å². The van der Waals surface area contributed by atoms with Crippen molar-refractivity contribution in [2.75, 3.05) is 19.8 Å². The normalized spacial score (nSPS) is 10.9. The molecule has 12 nitrogen and oxygen atoms in total. The monoisotopic (exact) mass is 478 g/mol. The van der Waals surface area contributed by atoms with Gasteiger partial charge in [-0.15, -0.1) is 0 Å². The van der Waals surface area contributed by atoms with E-state index in [-0.39, 0.29) is 37.1 Å². The number of phenolic OH excluding ortho intramolecular Hbond substituents is 9. The molecule has 0 aliphatic rings. The third kappa shape index (κ3) is 5.54. The van der Waals surface area contributed by atoms with Gasteiger partial charge in [0.25, 0.3) is 0 Å². The van der Waals surface area contributed by atoms with E-state index < -0.39 is 57.7 Å². The number of benzene rings is 3. The molecule has 9 N–H and O–H groups in total. The number of rotatable bonds is 9. The van der Waals surface area contributed by atoms with Crippen LogP contribution in [-0.4, -0.2) is 65.8 Å². The Labute approximate surface area is 191 Å². The van der Waals surface area contributed by atoms with Gasteiger partial charge in [-0.25, -0.2) is 0 Å². The third-order valence-corrected chi connectivity index (χ3v) is 4.59. The molecule has 0 radical (unpaired) electrons. The van der Waals surface area contributed by atoms with E-state index >= 15 is 0 Å². The van der Waals surface area contributed by atoms with Crippen LogP contribution in [0.1, 0.15) is 0 Å². The third-order valence-electron chi connectivity index (χ3n) is 4.59. The second-order valence-corrected chi connectivity index (χ2v) is 7.23. The molecule has 0 saturated carbocycles. The molecule has 0 fully saturated rings. The van der Waals surface area contributed by atoms with E-state index in [0.717, 1.165) is 36.4 Å². The summed E-state index contributed by atoms with van der Waals surface area (Å²) in [7, 11) is 0. The van der Waals surface area contributed by atoms with Gasteiger partial charge in [0, 0.05) is 36.4 Å². The van der Waals surface area contributed by atoms with Gasteiger partial charge in [0.15, 0.2) is 34.5 Å². The Balaban J connectivity index is 1.73. The smallest absolute Gasteiger partial charge is 0.200 e. The van der Waals surface area contributed by atoms with Crippen molar-refractivity contribution in [1.82, 2.24) is 0 Å². The van der Waals surface area contributed by atoms with E-state index in [1.165, 1.54) is 0 Å². The van der Waals surface area contributed by atoms with Gasteiger partial charge in [0.05, 0.1) is 25.7 Å². The van der Waals surface area contributed by atoms with Gasteiger partial charge in [-0.2, -0.15) is 0 Å². The predicted octanol–water partition coefficient (Wildman–Crippen LogP) is 2.19. The minimum atomic E-state index is -0.713. The molecule has 0 aromatic heterocycles. The minimum Gasteiger partial charge on any atom is -0.504 e. The number of phenols is 9. The fourth-order valence-electron chi connectivity index (χ4n) is 2.77. The van der Waals surface area contributed by atoms with Crippen molar-refractivity contribution in [3.05, 3.63) is 36.4 Å². The van der Waals surface area contributed by atoms with Crippen molar-refractivity contribution < 1.29 is 60.2 Å². The van der Waals surface area contributed by atoms with E-state index in [1.54, 1.807) is 0 Å². The largest absolute Gasteiger partial charge is 0.504 e. The minimum absolute atomic E-state index is 0.0117. The Kier molecular flexibility index (Phi) is 6.90. The molecule has 34 heavy (non-hydrogen) atoms. The molecule has 0 saturated heterocycles. The zero-order chi connectivity index (χ0) is 25.0. The van der Waals surface area contributed by atoms with Crippen LogP contribution in [0.2, 0.25) is 0 Å². The quantitative estimate of drug-likeness (QED) is 0.203. The van der Waals surface area contributed by atoms with Crippen LogP contribution < -0.4 is 14.2 Å². The SMILES string of the molecule is Oc1cc(OCC(COc2cc(O)c(O)c(O)c2)COc2cc(O)c(O)c(O)c2)cc(O)c1O. The van der Waals surface area contributed by atoms with Crippen LogP contribution in [0.25, 0.3) is 0 Å². The van der Waals surface area contributed by atoms with Gasteiger partial charge in [0.1, 0.15) is 17.2 Å². The van der Waals surface area contributed by atoms with Gasteiger partial charge in [0.2, 0.25) is 17.2 Å². The highest BCUT2D eigenvalue weighted by atomic mass is 16.5. The summed E-state index contributed by atoms with van der Waals surface area (Å²) in [5.41, 5.74) is 0. The maximum absolute atomic E-state index is 9.62. The molecule has 0 aliphatic carbocycles. The molecule has 0 bridgehead atoms. The van der Waals surface area contributed by atoms with E-state index in [1.807, 2.05) is 0 Å². The average molecular weight is 478 g/mol. The van der Waals surface area contributed by atoms with Crippen LogP contribution in [0.15, 0.2) is 36.4 Å². The standard InChI is InChI=1S/C22H22O12/c23-14-1-11(2-15(24)20(14)29)32-7-10(8-33-12-3-16(25)21(30)17(26)4-12)9-34-13-5-18(27)22(31)19(28)6-13/h1-6,10,23-31H,7-9H2. The highest BCUT2D eigenvalue weighted by molar-refractivity contribution is 5.54. The first-order valence-electron chi connectivity index (χ1n) is 9.68. The first kappa shape index (κ1) is 23.9. The first-order valence-corrected chi connectivity index (χ1v) is 9.68. The van der Waals surface area contributed by atoms with Crippen molar-refractivity contribution in [1.29, 1.82) is 0 Å². The van der Waals surface area contributed by atoms with Crippen LogP contribution in [0.4, 0.5) is 0 Å². The molecule has 12 heteroatoms. The zero-order valence-electron chi connectivity index (χ0n) is 17.4. The Hall–Kier alpha value is -4.74. The number of hydrogen-bond acceptors (Lipinski definition) is 12. The summed E-state index contributed by atoms with van der Waals surface area (Å²) in [6.45, 7) is -0.388. The van der Waals surface area contributed by atoms with Crippen molar-refractivity contribution in [2.24, 2.45) is 5.92 Å². The Morgan fingerprint density at radius 3 is 0.824 bits per heavy atom. The van der Waals surface area contributed by atoms with Crippen molar-refractivity contribution in [2.45, 2.75) is 0 Å². The molecular weight excluding hydrogens is 456 g/mol. The number of aromatic hydroxyl groups is 9. The molecule has 182 valence electrons. The van der Waals surface area contributed by atoms with E-state index in [4.69, 9.17) is 14.2 Å². The number of ether oxygens (including phenoxy) is 3. The molecule has 0 heterocycles. The Bertz CT molecular complexity index is 961. The summed E-state index contributed by atoms with van der Waals surface area (Å²) in [6.07, 6.45) is 0. The van der Waals surface area contributed by atoms with Gasteiger partial charge < -0.3 is 60.2 Å². The maximum atomic E-state index is 9.62. The average Bonchev–Trinajstić information content (AvgIpc) is 2.78.